The maximum absolute atomic E-state index is 13.1. The SMILES string of the molecule is CCN1CCOC(CN)C1c1ccc(F)cc1Cl. The second kappa shape index (κ2) is 5.97. The largest absolute Gasteiger partial charge is 0.374 e. The van der Waals surface area contributed by atoms with Gasteiger partial charge >= 0.3 is 0 Å². The molecule has 2 atom stereocenters. The van der Waals surface area contributed by atoms with Gasteiger partial charge in [-0.15, -0.1) is 0 Å². The number of ether oxygens (including phenoxy) is 1. The molecule has 0 aliphatic carbocycles. The first kappa shape index (κ1) is 13.7. The molecule has 1 aromatic rings. The summed E-state index contributed by atoms with van der Waals surface area (Å²) in [7, 11) is 0. The Labute approximate surface area is 112 Å². The Morgan fingerprint density at radius 3 is 2.94 bits per heavy atom. The number of likely N-dealkylation sites (N-methyl/N-ethyl adjacent to an activating group) is 1. The van der Waals surface area contributed by atoms with Crippen molar-refractivity contribution in [1.29, 1.82) is 0 Å². The van der Waals surface area contributed by atoms with E-state index in [1.807, 2.05) is 0 Å². The van der Waals surface area contributed by atoms with Gasteiger partial charge in [-0.25, -0.2) is 4.39 Å². The minimum atomic E-state index is -0.326. The number of rotatable bonds is 3. The first-order valence-corrected chi connectivity index (χ1v) is 6.55. The van der Waals surface area contributed by atoms with E-state index in [1.54, 1.807) is 6.07 Å². The lowest BCUT2D eigenvalue weighted by Gasteiger charge is -2.41. The highest BCUT2D eigenvalue weighted by molar-refractivity contribution is 6.31. The molecule has 3 nitrogen and oxygen atoms in total. The normalized spacial score (nSPS) is 25.3. The Morgan fingerprint density at radius 2 is 2.33 bits per heavy atom. The standard InChI is InChI=1S/C13H18ClFN2O/c1-2-17-5-6-18-12(8-16)13(17)10-4-3-9(15)7-11(10)14/h3-4,7,12-13H,2,5-6,8,16H2,1H3. The van der Waals surface area contributed by atoms with Crippen LogP contribution in [0, 0.1) is 5.82 Å². The van der Waals surface area contributed by atoms with E-state index < -0.39 is 0 Å². The van der Waals surface area contributed by atoms with E-state index in [2.05, 4.69) is 11.8 Å². The smallest absolute Gasteiger partial charge is 0.124 e. The quantitative estimate of drug-likeness (QED) is 0.917. The van der Waals surface area contributed by atoms with E-state index in [0.717, 1.165) is 18.7 Å². The molecule has 0 saturated carbocycles. The van der Waals surface area contributed by atoms with Crippen molar-refractivity contribution in [2.75, 3.05) is 26.2 Å². The zero-order valence-electron chi connectivity index (χ0n) is 10.4. The average Bonchev–Trinajstić information content (AvgIpc) is 2.38. The Kier molecular flexibility index (Phi) is 4.56. The van der Waals surface area contributed by atoms with Crippen molar-refractivity contribution in [3.8, 4) is 0 Å². The van der Waals surface area contributed by atoms with Gasteiger partial charge in [-0.1, -0.05) is 24.6 Å². The summed E-state index contributed by atoms with van der Waals surface area (Å²) >= 11 is 6.14. The molecule has 2 rings (SSSR count). The maximum Gasteiger partial charge on any atom is 0.124 e. The van der Waals surface area contributed by atoms with E-state index >= 15 is 0 Å². The number of benzene rings is 1. The fourth-order valence-corrected chi connectivity index (χ4v) is 2.76. The van der Waals surface area contributed by atoms with Crippen molar-refractivity contribution < 1.29 is 9.13 Å². The highest BCUT2D eigenvalue weighted by Crippen LogP contribution is 2.33. The lowest BCUT2D eigenvalue weighted by molar-refractivity contribution is -0.0658. The molecule has 0 spiro atoms. The van der Waals surface area contributed by atoms with Gasteiger partial charge in [0.1, 0.15) is 5.82 Å². The fourth-order valence-electron chi connectivity index (χ4n) is 2.48. The summed E-state index contributed by atoms with van der Waals surface area (Å²) < 4.78 is 18.8. The molecule has 5 heteroatoms. The molecular weight excluding hydrogens is 255 g/mol. The molecule has 2 unspecified atom stereocenters. The summed E-state index contributed by atoms with van der Waals surface area (Å²) in [4.78, 5) is 2.26. The molecule has 0 amide bonds. The van der Waals surface area contributed by atoms with Crippen LogP contribution in [0.3, 0.4) is 0 Å². The van der Waals surface area contributed by atoms with Crippen LogP contribution in [0.5, 0.6) is 0 Å². The summed E-state index contributed by atoms with van der Waals surface area (Å²) in [5.41, 5.74) is 6.64. The van der Waals surface area contributed by atoms with Gasteiger partial charge in [0.05, 0.1) is 18.8 Å². The third-order valence-electron chi connectivity index (χ3n) is 3.38. The predicted molar refractivity (Wildman–Crippen MR) is 70.2 cm³/mol. The van der Waals surface area contributed by atoms with Crippen LogP contribution < -0.4 is 5.73 Å². The van der Waals surface area contributed by atoms with Crippen LogP contribution in [0.15, 0.2) is 18.2 Å². The van der Waals surface area contributed by atoms with Crippen LogP contribution >= 0.6 is 11.6 Å². The van der Waals surface area contributed by atoms with Crippen LogP contribution in [-0.2, 0) is 4.74 Å². The third kappa shape index (κ3) is 2.67. The number of hydrogen-bond donors (Lipinski definition) is 1. The van der Waals surface area contributed by atoms with Crippen molar-refractivity contribution in [2.24, 2.45) is 5.73 Å². The fraction of sp³-hybridized carbons (Fsp3) is 0.538. The number of nitrogens with two attached hydrogens (primary N) is 1. The Hall–Kier alpha value is -0.680. The second-order valence-corrected chi connectivity index (χ2v) is 4.79. The molecule has 1 fully saturated rings. The number of morpholine rings is 1. The molecular formula is C13H18ClFN2O. The molecule has 1 aliphatic rings. The molecule has 0 bridgehead atoms. The highest BCUT2D eigenvalue weighted by Gasteiger charge is 2.33. The molecule has 1 heterocycles. The van der Waals surface area contributed by atoms with E-state index in [9.17, 15) is 4.39 Å². The Balaban J connectivity index is 2.36. The predicted octanol–water partition coefficient (Wildman–Crippen LogP) is 2.20. The van der Waals surface area contributed by atoms with Gasteiger partial charge in [-0.05, 0) is 24.2 Å². The van der Waals surface area contributed by atoms with Crippen LogP contribution in [0.2, 0.25) is 5.02 Å². The maximum atomic E-state index is 13.1. The molecule has 0 aromatic heterocycles. The van der Waals surface area contributed by atoms with Gasteiger partial charge in [0.25, 0.3) is 0 Å². The van der Waals surface area contributed by atoms with Crippen molar-refractivity contribution in [2.45, 2.75) is 19.1 Å². The van der Waals surface area contributed by atoms with Gasteiger partial charge < -0.3 is 10.5 Å². The van der Waals surface area contributed by atoms with Crippen LogP contribution in [-0.4, -0.2) is 37.2 Å². The van der Waals surface area contributed by atoms with E-state index in [-0.39, 0.29) is 18.0 Å². The van der Waals surface area contributed by atoms with Gasteiger partial charge in [0.2, 0.25) is 0 Å². The van der Waals surface area contributed by atoms with Crippen molar-refractivity contribution >= 4 is 11.6 Å². The van der Waals surface area contributed by atoms with Crippen LogP contribution in [0.1, 0.15) is 18.5 Å². The first-order chi connectivity index (χ1) is 8.67. The zero-order valence-corrected chi connectivity index (χ0v) is 11.2. The molecule has 100 valence electrons. The summed E-state index contributed by atoms with van der Waals surface area (Å²) in [5.74, 6) is -0.326. The number of nitrogens with zero attached hydrogens (tertiary/aromatic N) is 1. The van der Waals surface area contributed by atoms with Crippen molar-refractivity contribution in [1.82, 2.24) is 4.90 Å². The molecule has 2 N–H and O–H groups in total. The topological polar surface area (TPSA) is 38.5 Å². The number of hydrogen-bond acceptors (Lipinski definition) is 3. The van der Waals surface area contributed by atoms with E-state index in [4.69, 9.17) is 22.1 Å². The minimum Gasteiger partial charge on any atom is -0.374 e. The molecule has 0 radical (unpaired) electrons. The lowest BCUT2D eigenvalue weighted by Crippen LogP contribution is -2.48. The van der Waals surface area contributed by atoms with Gasteiger partial charge in [0.15, 0.2) is 0 Å². The number of halogens is 2. The monoisotopic (exact) mass is 272 g/mol. The second-order valence-electron chi connectivity index (χ2n) is 4.38. The minimum absolute atomic E-state index is 0.00171. The summed E-state index contributed by atoms with van der Waals surface area (Å²) in [6.45, 7) is 4.91. The molecule has 18 heavy (non-hydrogen) atoms. The van der Waals surface area contributed by atoms with Gasteiger partial charge in [-0.2, -0.15) is 0 Å². The van der Waals surface area contributed by atoms with E-state index in [1.165, 1.54) is 12.1 Å². The Morgan fingerprint density at radius 1 is 1.56 bits per heavy atom. The zero-order chi connectivity index (χ0) is 13.1. The highest BCUT2D eigenvalue weighted by atomic mass is 35.5. The third-order valence-corrected chi connectivity index (χ3v) is 3.70. The molecule has 1 saturated heterocycles. The average molecular weight is 273 g/mol. The van der Waals surface area contributed by atoms with Crippen LogP contribution in [0.4, 0.5) is 4.39 Å². The summed E-state index contributed by atoms with van der Waals surface area (Å²) in [5, 5.41) is 0.433. The van der Waals surface area contributed by atoms with Gasteiger partial charge in [0, 0.05) is 18.1 Å². The Bertz CT molecular complexity index is 404. The van der Waals surface area contributed by atoms with Gasteiger partial charge in [-0.3, -0.25) is 4.90 Å². The van der Waals surface area contributed by atoms with Crippen molar-refractivity contribution in [3.63, 3.8) is 0 Å². The van der Waals surface area contributed by atoms with Crippen molar-refractivity contribution in [3.05, 3.63) is 34.6 Å². The first-order valence-electron chi connectivity index (χ1n) is 6.18. The molecule has 1 aliphatic heterocycles. The lowest BCUT2D eigenvalue weighted by atomic mass is 9.98. The van der Waals surface area contributed by atoms with Crippen LogP contribution in [0.25, 0.3) is 0 Å². The summed E-state index contributed by atoms with van der Waals surface area (Å²) in [6, 6.07) is 4.49. The molecule has 1 aromatic carbocycles. The van der Waals surface area contributed by atoms with E-state index in [0.29, 0.717) is 18.2 Å². The summed E-state index contributed by atoms with van der Waals surface area (Å²) in [6.07, 6.45) is -0.0957.